The summed E-state index contributed by atoms with van der Waals surface area (Å²) in [6.45, 7) is 4.46. The zero-order chi connectivity index (χ0) is 18.1. The highest BCUT2D eigenvalue weighted by Crippen LogP contribution is 2.34. The molecule has 1 aliphatic rings. The number of rotatable bonds is 5. The minimum Gasteiger partial charge on any atom is -0.361 e. The fourth-order valence-electron chi connectivity index (χ4n) is 3.16. The SMILES string of the molecule is Cc1noc(C)c1CCC(=O)N1CC[C@@H]1c1nc(-c2cccnc2)no1. The molecular formula is C18H19N5O3. The van der Waals surface area contributed by atoms with Crippen LogP contribution in [0, 0.1) is 13.8 Å². The van der Waals surface area contributed by atoms with Crippen LogP contribution in [-0.2, 0) is 11.2 Å². The van der Waals surface area contributed by atoms with E-state index in [2.05, 4.69) is 20.3 Å². The Morgan fingerprint density at radius 3 is 2.85 bits per heavy atom. The minimum atomic E-state index is -0.148. The normalized spacial score (nSPS) is 16.5. The van der Waals surface area contributed by atoms with Crippen LogP contribution in [0.5, 0.6) is 0 Å². The molecule has 0 spiro atoms. The Morgan fingerprint density at radius 1 is 1.31 bits per heavy atom. The molecule has 4 rings (SSSR count). The van der Waals surface area contributed by atoms with Gasteiger partial charge >= 0.3 is 0 Å². The van der Waals surface area contributed by atoms with Gasteiger partial charge in [-0.05, 0) is 38.8 Å². The standard InChI is InChI=1S/C18H19N5O3/c1-11-14(12(2)25-21-11)5-6-16(24)23-9-7-15(23)18-20-17(22-26-18)13-4-3-8-19-10-13/h3-4,8,10,15H,5-7,9H2,1-2H3/t15-/m1/s1. The van der Waals surface area contributed by atoms with Crippen molar-refractivity contribution >= 4 is 5.91 Å². The molecule has 1 saturated heterocycles. The summed E-state index contributed by atoms with van der Waals surface area (Å²) < 4.78 is 10.5. The molecule has 8 nitrogen and oxygen atoms in total. The first kappa shape index (κ1) is 16.4. The molecule has 1 amide bonds. The maximum atomic E-state index is 12.6. The lowest BCUT2D eigenvalue weighted by Crippen LogP contribution is -2.45. The third kappa shape index (κ3) is 2.98. The fraction of sp³-hybridized carbons (Fsp3) is 0.389. The number of carbonyl (C=O) groups is 1. The predicted octanol–water partition coefficient (Wildman–Crippen LogP) is 2.64. The van der Waals surface area contributed by atoms with Crippen LogP contribution < -0.4 is 0 Å². The van der Waals surface area contributed by atoms with Crippen molar-refractivity contribution in [3.8, 4) is 11.4 Å². The molecule has 1 aliphatic heterocycles. The Hall–Kier alpha value is -3.03. The fourth-order valence-corrected chi connectivity index (χ4v) is 3.16. The molecule has 1 atom stereocenters. The van der Waals surface area contributed by atoms with E-state index in [1.165, 1.54) is 0 Å². The van der Waals surface area contributed by atoms with Crippen LogP contribution in [-0.4, -0.2) is 37.6 Å². The summed E-state index contributed by atoms with van der Waals surface area (Å²) in [5.74, 6) is 1.81. The lowest BCUT2D eigenvalue weighted by atomic mass is 10.0. The summed E-state index contributed by atoms with van der Waals surface area (Å²) in [4.78, 5) is 22.9. The van der Waals surface area contributed by atoms with Crippen molar-refractivity contribution < 1.29 is 13.8 Å². The largest absolute Gasteiger partial charge is 0.361 e. The number of aromatic nitrogens is 4. The van der Waals surface area contributed by atoms with Crippen LogP contribution in [0.3, 0.4) is 0 Å². The molecule has 3 aromatic rings. The summed E-state index contributed by atoms with van der Waals surface area (Å²) in [5.41, 5.74) is 2.64. The molecule has 0 radical (unpaired) electrons. The molecule has 0 N–H and O–H groups in total. The van der Waals surface area contributed by atoms with Crippen LogP contribution in [0.2, 0.25) is 0 Å². The van der Waals surface area contributed by atoms with Gasteiger partial charge in [-0.2, -0.15) is 4.98 Å². The van der Waals surface area contributed by atoms with Crippen molar-refractivity contribution in [3.05, 3.63) is 47.4 Å². The summed E-state index contributed by atoms with van der Waals surface area (Å²) in [6.07, 6.45) is 5.22. The second-order valence-corrected chi connectivity index (χ2v) is 6.39. The van der Waals surface area contributed by atoms with Gasteiger partial charge in [0.2, 0.25) is 17.6 Å². The Kier molecular flexibility index (Phi) is 4.24. The van der Waals surface area contributed by atoms with Gasteiger partial charge < -0.3 is 13.9 Å². The second-order valence-electron chi connectivity index (χ2n) is 6.39. The number of aryl methyl sites for hydroxylation is 2. The van der Waals surface area contributed by atoms with E-state index in [-0.39, 0.29) is 11.9 Å². The van der Waals surface area contributed by atoms with E-state index in [1.807, 2.05) is 26.0 Å². The molecule has 0 aliphatic carbocycles. The van der Waals surface area contributed by atoms with Gasteiger partial charge in [0, 0.05) is 36.5 Å². The molecule has 1 fully saturated rings. The number of hydrogen-bond donors (Lipinski definition) is 0. The molecule has 0 unspecified atom stereocenters. The lowest BCUT2D eigenvalue weighted by molar-refractivity contribution is -0.140. The summed E-state index contributed by atoms with van der Waals surface area (Å²) in [7, 11) is 0. The highest BCUT2D eigenvalue weighted by atomic mass is 16.5. The average molecular weight is 353 g/mol. The van der Waals surface area contributed by atoms with Crippen molar-refractivity contribution in [2.45, 2.75) is 39.2 Å². The molecule has 8 heteroatoms. The Bertz CT molecular complexity index is 899. The summed E-state index contributed by atoms with van der Waals surface area (Å²) in [5, 5.41) is 7.94. The molecule has 4 heterocycles. The van der Waals surface area contributed by atoms with Gasteiger partial charge in [-0.25, -0.2) is 0 Å². The highest BCUT2D eigenvalue weighted by Gasteiger charge is 2.37. The van der Waals surface area contributed by atoms with Gasteiger partial charge in [0.05, 0.1) is 5.69 Å². The van der Waals surface area contributed by atoms with Crippen LogP contribution in [0.1, 0.15) is 41.8 Å². The van der Waals surface area contributed by atoms with Crippen molar-refractivity contribution in [2.75, 3.05) is 6.54 Å². The molecule has 0 saturated carbocycles. The minimum absolute atomic E-state index is 0.0716. The van der Waals surface area contributed by atoms with Crippen molar-refractivity contribution in [2.24, 2.45) is 0 Å². The van der Waals surface area contributed by atoms with E-state index in [4.69, 9.17) is 9.05 Å². The Morgan fingerprint density at radius 2 is 2.19 bits per heavy atom. The van der Waals surface area contributed by atoms with Crippen LogP contribution >= 0.6 is 0 Å². The van der Waals surface area contributed by atoms with E-state index in [9.17, 15) is 4.79 Å². The van der Waals surface area contributed by atoms with Gasteiger partial charge in [-0.1, -0.05) is 10.3 Å². The van der Waals surface area contributed by atoms with E-state index in [0.717, 1.165) is 29.0 Å². The number of hydrogen-bond acceptors (Lipinski definition) is 7. The maximum Gasteiger partial charge on any atom is 0.249 e. The highest BCUT2D eigenvalue weighted by molar-refractivity contribution is 5.77. The number of likely N-dealkylation sites (tertiary alicyclic amines) is 1. The quantitative estimate of drug-likeness (QED) is 0.695. The molecule has 134 valence electrons. The second kappa shape index (κ2) is 6.70. The Labute approximate surface area is 150 Å². The first-order valence-electron chi connectivity index (χ1n) is 8.58. The predicted molar refractivity (Wildman–Crippen MR) is 90.9 cm³/mol. The van der Waals surface area contributed by atoms with Gasteiger partial charge in [-0.3, -0.25) is 9.78 Å². The average Bonchev–Trinajstić information content (AvgIpc) is 3.21. The molecule has 3 aromatic heterocycles. The van der Waals surface area contributed by atoms with Gasteiger partial charge in [0.25, 0.3) is 0 Å². The first-order valence-corrected chi connectivity index (χ1v) is 8.58. The Balaban J connectivity index is 1.41. The third-order valence-electron chi connectivity index (χ3n) is 4.76. The summed E-state index contributed by atoms with van der Waals surface area (Å²) in [6, 6.07) is 3.54. The topological polar surface area (TPSA) is 98.2 Å². The van der Waals surface area contributed by atoms with Crippen molar-refractivity contribution in [3.63, 3.8) is 0 Å². The zero-order valence-corrected chi connectivity index (χ0v) is 14.7. The van der Waals surface area contributed by atoms with Crippen LogP contribution in [0.25, 0.3) is 11.4 Å². The number of carbonyl (C=O) groups excluding carboxylic acids is 1. The van der Waals surface area contributed by atoms with E-state index in [1.54, 1.807) is 17.3 Å². The van der Waals surface area contributed by atoms with E-state index >= 15 is 0 Å². The third-order valence-corrected chi connectivity index (χ3v) is 4.76. The number of pyridine rings is 1. The summed E-state index contributed by atoms with van der Waals surface area (Å²) >= 11 is 0. The lowest BCUT2D eigenvalue weighted by Gasteiger charge is -2.38. The van der Waals surface area contributed by atoms with Gasteiger partial charge in [-0.15, -0.1) is 0 Å². The van der Waals surface area contributed by atoms with Gasteiger partial charge in [0.15, 0.2) is 0 Å². The van der Waals surface area contributed by atoms with E-state index < -0.39 is 0 Å². The molecule has 0 bridgehead atoms. The molecule has 26 heavy (non-hydrogen) atoms. The molecular weight excluding hydrogens is 334 g/mol. The number of nitrogens with zero attached hydrogens (tertiary/aromatic N) is 5. The van der Waals surface area contributed by atoms with Crippen molar-refractivity contribution in [1.29, 1.82) is 0 Å². The monoisotopic (exact) mass is 353 g/mol. The smallest absolute Gasteiger partial charge is 0.249 e. The van der Waals surface area contributed by atoms with Crippen LogP contribution in [0.15, 0.2) is 33.6 Å². The van der Waals surface area contributed by atoms with Crippen LogP contribution in [0.4, 0.5) is 0 Å². The first-order chi connectivity index (χ1) is 12.6. The molecule has 0 aromatic carbocycles. The van der Waals surface area contributed by atoms with E-state index in [0.29, 0.717) is 31.1 Å². The van der Waals surface area contributed by atoms with Crippen molar-refractivity contribution in [1.82, 2.24) is 25.2 Å². The van der Waals surface area contributed by atoms with Gasteiger partial charge in [0.1, 0.15) is 11.8 Å². The number of amides is 1. The zero-order valence-electron chi connectivity index (χ0n) is 14.7. The maximum absolute atomic E-state index is 12.6.